The third-order valence-electron chi connectivity index (χ3n) is 3.14. The van der Waals surface area contributed by atoms with Crippen LogP contribution in [-0.2, 0) is 16.6 Å². The van der Waals surface area contributed by atoms with Crippen LogP contribution in [0.5, 0.6) is 0 Å². The molecule has 1 N–H and O–H groups in total. The first-order valence-corrected chi connectivity index (χ1v) is 8.52. The van der Waals surface area contributed by atoms with Crippen LogP contribution in [0.1, 0.15) is 5.56 Å². The Kier molecular flexibility index (Phi) is 4.93. The predicted octanol–water partition coefficient (Wildman–Crippen LogP) is 1.11. The third kappa shape index (κ3) is 4.16. The molecule has 120 valence electrons. The Morgan fingerprint density at radius 2 is 1.86 bits per heavy atom. The lowest BCUT2D eigenvalue weighted by Crippen LogP contribution is -2.50. The van der Waals surface area contributed by atoms with Gasteiger partial charge in [0.05, 0.1) is 13.2 Å². The number of alkyl halides is 3. The zero-order valence-electron chi connectivity index (χ0n) is 11.0. The zero-order valence-corrected chi connectivity index (χ0v) is 12.6. The molecule has 0 spiro atoms. The molecule has 0 atom stereocenters. The van der Waals surface area contributed by atoms with Gasteiger partial charge in [0, 0.05) is 26.2 Å². The molecule has 2 heterocycles. The summed E-state index contributed by atoms with van der Waals surface area (Å²) in [7, 11) is -3.69. The highest BCUT2D eigenvalue weighted by molar-refractivity contribution is 7.91. The topological polar surface area (TPSA) is 60.9 Å². The van der Waals surface area contributed by atoms with E-state index in [0.29, 0.717) is 5.56 Å². The second-order valence-corrected chi connectivity index (χ2v) is 7.80. The molecule has 0 aliphatic carbocycles. The largest absolute Gasteiger partial charge is 0.401 e. The van der Waals surface area contributed by atoms with Crippen LogP contribution in [-0.4, -0.2) is 61.6 Å². The molecule has 1 aliphatic heterocycles. The van der Waals surface area contributed by atoms with Crippen molar-refractivity contribution in [2.24, 2.45) is 0 Å². The van der Waals surface area contributed by atoms with E-state index >= 15 is 0 Å². The number of sulfonamides is 1. The maximum atomic E-state index is 12.3. The summed E-state index contributed by atoms with van der Waals surface area (Å²) in [4.78, 5) is 1.19. The minimum absolute atomic E-state index is 0.0325. The van der Waals surface area contributed by atoms with E-state index in [4.69, 9.17) is 5.11 Å². The molecule has 0 unspecified atom stereocenters. The lowest BCUT2D eigenvalue weighted by Gasteiger charge is -2.33. The molecule has 1 aliphatic rings. The van der Waals surface area contributed by atoms with E-state index in [1.54, 1.807) is 5.38 Å². The first-order valence-electron chi connectivity index (χ1n) is 6.20. The molecule has 1 aromatic heterocycles. The van der Waals surface area contributed by atoms with Crippen LogP contribution < -0.4 is 0 Å². The lowest BCUT2D eigenvalue weighted by atomic mass is 10.3. The van der Waals surface area contributed by atoms with Crippen molar-refractivity contribution in [2.75, 3.05) is 32.7 Å². The Labute approximate surface area is 124 Å². The molecular weight excluding hydrogens is 329 g/mol. The SMILES string of the molecule is O=S(=O)(c1cc(CO)cs1)N1CCN(CC(F)(F)F)CC1. The highest BCUT2D eigenvalue weighted by Crippen LogP contribution is 2.25. The van der Waals surface area contributed by atoms with Crippen LogP contribution in [0.25, 0.3) is 0 Å². The molecule has 1 fully saturated rings. The average Bonchev–Trinajstić information content (AvgIpc) is 2.87. The maximum absolute atomic E-state index is 12.3. The molecular formula is C11H15F3N2O3S2. The third-order valence-corrected chi connectivity index (χ3v) is 6.50. The van der Waals surface area contributed by atoms with E-state index in [1.807, 2.05) is 0 Å². The van der Waals surface area contributed by atoms with Crippen LogP contribution in [0, 0.1) is 0 Å². The predicted molar refractivity (Wildman–Crippen MR) is 71.5 cm³/mol. The zero-order chi connectivity index (χ0) is 15.7. The van der Waals surface area contributed by atoms with Crippen molar-refractivity contribution >= 4 is 21.4 Å². The summed E-state index contributed by atoms with van der Waals surface area (Å²) >= 11 is 1.00. The van der Waals surface area contributed by atoms with Crippen LogP contribution in [0.2, 0.25) is 0 Å². The number of piperazine rings is 1. The van der Waals surface area contributed by atoms with Crippen molar-refractivity contribution in [3.05, 3.63) is 17.0 Å². The quantitative estimate of drug-likeness (QED) is 0.889. The number of halogens is 3. The molecule has 21 heavy (non-hydrogen) atoms. The van der Waals surface area contributed by atoms with Crippen molar-refractivity contribution in [1.29, 1.82) is 0 Å². The summed E-state index contributed by atoms with van der Waals surface area (Å²) in [5.41, 5.74) is 0.509. The number of nitrogens with zero attached hydrogens (tertiary/aromatic N) is 2. The van der Waals surface area contributed by atoms with Crippen LogP contribution in [0.4, 0.5) is 13.2 Å². The molecule has 0 bridgehead atoms. The Balaban J connectivity index is 2.01. The van der Waals surface area contributed by atoms with E-state index in [0.717, 1.165) is 11.3 Å². The minimum Gasteiger partial charge on any atom is -0.392 e. The summed E-state index contributed by atoms with van der Waals surface area (Å²) in [5, 5.41) is 10.5. The van der Waals surface area contributed by atoms with E-state index in [9.17, 15) is 21.6 Å². The van der Waals surface area contributed by atoms with Crippen molar-refractivity contribution < 1.29 is 26.7 Å². The summed E-state index contributed by atoms with van der Waals surface area (Å²) in [5.74, 6) is 0. The summed E-state index contributed by atoms with van der Waals surface area (Å²) in [6, 6.07) is 1.39. The molecule has 0 aromatic carbocycles. The van der Waals surface area contributed by atoms with Gasteiger partial charge in [-0.15, -0.1) is 11.3 Å². The molecule has 2 rings (SSSR count). The van der Waals surface area contributed by atoms with Crippen molar-refractivity contribution in [2.45, 2.75) is 17.0 Å². The fraction of sp³-hybridized carbons (Fsp3) is 0.636. The standard InChI is InChI=1S/C11H15F3N2O3S2/c12-11(13,14)8-15-1-3-16(4-2-15)21(18,19)10-5-9(6-17)7-20-10/h5,7,17H,1-4,6,8H2. The molecule has 1 saturated heterocycles. The number of thiophene rings is 1. The highest BCUT2D eigenvalue weighted by Gasteiger charge is 2.35. The Morgan fingerprint density at radius 3 is 2.33 bits per heavy atom. The van der Waals surface area contributed by atoms with Gasteiger partial charge >= 0.3 is 6.18 Å². The van der Waals surface area contributed by atoms with E-state index in [-0.39, 0.29) is 37.0 Å². The summed E-state index contributed by atoms with van der Waals surface area (Å²) in [6.45, 7) is -1.09. The average molecular weight is 344 g/mol. The molecule has 0 saturated carbocycles. The van der Waals surface area contributed by atoms with Gasteiger partial charge in [-0.2, -0.15) is 17.5 Å². The Bertz CT molecular complexity index is 578. The number of aliphatic hydroxyl groups excluding tert-OH is 1. The molecule has 5 nitrogen and oxygen atoms in total. The minimum atomic E-state index is -4.27. The number of hydrogen-bond donors (Lipinski definition) is 1. The van der Waals surface area contributed by atoms with Crippen molar-refractivity contribution in [1.82, 2.24) is 9.21 Å². The van der Waals surface area contributed by atoms with Gasteiger partial charge < -0.3 is 5.11 Å². The Morgan fingerprint density at radius 1 is 1.24 bits per heavy atom. The first-order chi connectivity index (χ1) is 9.72. The fourth-order valence-corrected chi connectivity index (χ4v) is 4.86. The second kappa shape index (κ2) is 6.21. The van der Waals surface area contributed by atoms with Gasteiger partial charge in [0.2, 0.25) is 0 Å². The van der Waals surface area contributed by atoms with Gasteiger partial charge in [0.15, 0.2) is 0 Å². The number of rotatable bonds is 4. The number of aliphatic hydroxyl groups is 1. The van der Waals surface area contributed by atoms with E-state index in [1.165, 1.54) is 15.3 Å². The van der Waals surface area contributed by atoms with Crippen molar-refractivity contribution in [3.63, 3.8) is 0 Å². The monoisotopic (exact) mass is 344 g/mol. The van der Waals surface area contributed by atoms with Gasteiger partial charge in [-0.1, -0.05) is 0 Å². The summed E-state index contributed by atoms with van der Waals surface area (Å²) < 4.78 is 62.8. The highest BCUT2D eigenvalue weighted by atomic mass is 32.2. The lowest BCUT2D eigenvalue weighted by molar-refractivity contribution is -0.148. The van der Waals surface area contributed by atoms with E-state index in [2.05, 4.69) is 0 Å². The molecule has 1 aromatic rings. The second-order valence-electron chi connectivity index (χ2n) is 4.73. The smallest absolute Gasteiger partial charge is 0.392 e. The molecule has 10 heteroatoms. The van der Waals surface area contributed by atoms with Gasteiger partial charge in [-0.25, -0.2) is 8.42 Å². The van der Waals surface area contributed by atoms with Gasteiger partial charge in [-0.05, 0) is 17.0 Å². The van der Waals surface area contributed by atoms with E-state index < -0.39 is 22.7 Å². The van der Waals surface area contributed by atoms with Crippen LogP contribution >= 0.6 is 11.3 Å². The van der Waals surface area contributed by atoms with Crippen LogP contribution in [0.3, 0.4) is 0 Å². The number of hydrogen-bond acceptors (Lipinski definition) is 5. The fourth-order valence-electron chi connectivity index (χ4n) is 2.08. The Hall–Kier alpha value is -0.680. The molecule has 0 amide bonds. The van der Waals surface area contributed by atoms with Crippen molar-refractivity contribution in [3.8, 4) is 0 Å². The maximum Gasteiger partial charge on any atom is 0.401 e. The normalized spacial score (nSPS) is 19.0. The van der Waals surface area contributed by atoms with Gasteiger partial charge in [-0.3, -0.25) is 4.90 Å². The van der Waals surface area contributed by atoms with Crippen LogP contribution in [0.15, 0.2) is 15.7 Å². The molecule has 0 radical (unpaired) electrons. The van der Waals surface area contributed by atoms with Gasteiger partial charge in [0.25, 0.3) is 10.0 Å². The summed E-state index contributed by atoms with van der Waals surface area (Å²) in [6.07, 6.45) is -4.27. The first kappa shape index (κ1) is 16.7. The van der Waals surface area contributed by atoms with Gasteiger partial charge in [0.1, 0.15) is 4.21 Å².